The highest BCUT2D eigenvalue weighted by Crippen LogP contribution is 2.27. The number of ether oxygens (including phenoxy) is 1. The van der Waals surface area contributed by atoms with Gasteiger partial charge in [0.1, 0.15) is 5.75 Å². The van der Waals surface area contributed by atoms with Crippen molar-refractivity contribution >= 4 is 46.0 Å². The molecule has 1 heterocycles. The van der Waals surface area contributed by atoms with Gasteiger partial charge in [0.2, 0.25) is 0 Å². The third kappa shape index (κ3) is 3.80. The summed E-state index contributed by atoms with van der Waals surface area (Å²) in [6.07, 6.45) is 0. The lowest BCUT2D eigenvalue weighted by Gasteiger charge is -2.08. The van der Waals surface area contributed by atoms with Gasteiger partial charge in [-0.25, -0.2) is 0 Å². The molecule has 1 aromatic rings. The Kier molecular flexibility index (Phi) is 4.74. The van der Waals surface area contributed by atoms with Gasteiger partial charge in [-0.2, -0.15) is 0 Å². The maximum absolute atomic E-state index is 11.6. The number of hydrogen-bond donors (Lipinski definition) is 1. The molecule has 1 amide bonds. The fourth-order valence-electron chi connectivity index (χ4n) is 1.30. The van der Waals surface area contributed by atoms with Crippen LogP contribution in [0.1, 0.15) is 0 Å². The molecule has 0 aromatic heterocycles. The molecule has 0 saturated carbocycles. The molecular formula is C11H10Cl2N2O2S. The van der Waals surface area contributed by atoms with Crippen LogP contribution in [-0.4, -0.2) is 30.0 Å². The number of amides is 1. The Morgan fingerprint density at radius 2 is 2.33 bits per heavy atom. The van der Waals surface area contributed by atoms with Crippen LogP contribution in [0.15, 0.2) is 23.2 Å². The monoisotopic (exact) mass is 304 g/mol. The molecule has 0 saturated heterocycles. The first-order valence-corrected chi connectivity index (χ1v) is 6.94. The van der Waals surface area contributed by atoms with Crippen LogP contribution >= 0.6 is 35.0 Å². The number of halogens is 2. The summed E-state index contributed by atoms with van der Waals surface area (Å²) in [4.78, 5) is 15.7. The molecule has 1 aliphatic rings. The Morgan fingerprint density at radius 3 is 3.00 bits per heavy atom. The zero-order valence-corrected chi connectivity index (χ0v) is 11.6. The summed E-state index contributed by atoms with van der Waals surface area (Å²) in [6.45, 7) is 0.630. The Balaban J connectivity index is 1.85. The summed E-state index contributed by atoms with van der Waals surface area (Å²) in [7, 11) is 0. The second kappa shape index (κ2) is 6.31. The zero-order chi connectivity index (χ0) is 13.0. The molecule has 4 nitrogen and oxygen atoms in total. The van der Waals surface area contributed by atoms with Crippen LogP contribution in [0.2, 0.25) is 10.0 Å². The molecule has 0 spiro atoms. The minimum Gasteiger partial charge on any atom is -0.482 e. The fraction of sp³-hybridized carbons (Fsp3) is 0.273. The van der Waals surface area contributed by atoms with Crippen molar-refractivity contribution in [2.75, 3.05) is 18.9 Å². The molecule has 96 valence electrons. The number of rotatable bonds is 3. The topological polar surface area (TPSA) is 50.7 Å². The van der Waals surface area contributed by atoms with Gasteiger partial charge in [-0.1, -0.05) is 35.0 Å². The van der Waals surface area contributed by atoms with E-state index in [1.807, 2.05) is 0 Å². The second-order valence-corrected chi connectivity index (χ2v) is 5.37. The number of benzene rings is 1. The predicted octanol–water partition coefficient (Wildman–Crippen LogP) is 2.59. The number of carbonyl (C=O) groups excluding carboxylic acids is 1. The molecule has 0 aliphatic carbocycles. The van der Waals surface area contributed by atoms with Gasteiger partial charge in [-0.15, -0.1) is 0 Å². The highest BCUT2D eigenvalue weighted by Gasteiger charge is 2.12. The van der Waals surface area contributed by atoms with Crippen LogP contribution in [-0.2, 0) is 4.79 Å². The summed E-state index contributed by atoms with van der Waals surface area (Å²) in [6, 6.07) is 4.84. The molecule has 0 atom stereocenters. The number of aliphatic imine (C=N–C) groups is 1. The number of carbonyl (C=O) groups is 1. The first kappa shape index (κ1) is 13.5. The van der Waals surface area contributed by atoms with E-state index in [1.54, 1.807) is 18.2 Å². The van der Waals surface area contributed by atoms with E-state index in [1.165, 1.54) is 11.8 Å². The molecule has 0 unspecified atom stereocenters. The standard InChI is InChI=1S/C11H10Cl2N2O2S/c12-7-1-2-9(8(13)5-7)17-6-10(16)15-11-14-3-4-18-11/h1-2,5H,3-4,6H2,(H,14,15,16). The highest BCUT2D eigenvalue weighted by atomic mass is 35.5. The van der Waals surface area contributed by atoms with Crippen LogP contribution < -0.4 is 10.1 Å². The van der Waals surface area contributed by atoms with E-state index in [9.17, 15) is 4.79 Å². The average molecular weight is 305 g/mol. The van der Waals surface area contributed by atoms with Crippen molar-refractivity contribution in [3.63, 3.8) is 0 Å². The average Bonchev–Trinajstić information content (AvgIpc) is 2.80. The van der Waals surface area contributed by atoms with Gasteiger partial charge in [0.05, 0.1) is 11.6 Å². The summed E-state index contributed by atoms with van der Waals surface area (Å²) in [5, 5.41) is 4.20. The van der Waals surface area contributed by atoms with E-state index < -0.39 is 0 Å². The first-order chi connectivity index (χ1) is 8.65. The molecule has 2 rings (SSSR count). The third-order valence-corrected chi connectivity index (χ3v) is 3.51. The van der Waals surface area contributed by atoms with Crippen molar-refractivity contribution in [3.05, 3.63) is 28.2 Å². The van der Waals surface area contributed by atoms with Gasteiger partial charge in [-0.3, -0.25) is 9.79 Å². The van der Waals surface area contributed by atoms with E-state index >= 15 is 0 Å². The summed E-state index contributed by atoms with van der Waals surface area (Å²) < 4.78 is 5.30. The molecule has 0 bridgehead atoms. The van der Waals surface area contributed by atoms with Crippen LogP contribution in [0, 0.1) is 0 Å². The molecular weight excluding hydrogens is 295 g/mol. The van der Waals surface area contributed by atoms with Crippen molar-refractivity contribution < 1.29 is 9.53 Å². The van der Waals surface area contributed by atoms with Gasteiger partial charge in [0.15, 0.2) is 11.8 Å². The minimum absolute atomic E-state index is 0.110. The quantitative estimate of drug-likeness (QED) is 0.934. The van der Waals surface area contributed by atoms with E-state index in [0.29, 0.717) is 21.0 Å². The SMILES string of the molecule is O=C(COc1ccc(Cl)cc1Cl)NC1=NCCS1. The molecule has 0 fully saturated rings. The van der Waals surface area contributed by atoms with E-state index in [0.717, 1.165) is 12.3 Å². The van der Waals surface area contributed by atoms with E-state index in [2.05, 4.69) is 10.3 Å². The van der Waals surface area contributed by atoms with Crippen molar-refractivity contribution in [2.24, 2.45) is 4.99 Å². The Labute approximate surface area is 119 Å². The Bertz CT molecular complexity index is 494. The smallest absolute Gasteiger partial charge is 0.263 e. The summed E-state index contributed by atoms with van der Waals surface area (Å²) >= 11 is 13.2. The Hall–Kier alpha value is -0.910. The lowest BCUT2D eigenvalue weighted by atomic mass is 10.3. The molecule has 1 N–H and O–H groups in total. The normalized spacial score (nSPS) is 14.2. The van der Waals surface area contributed by atoms with Crippen molar-refractivity contribution in [3.8, 4) is 5.75 Å². The number of nitrogens with one attached hydrogen (secondary N) is 1. The van der Waals surface area contributed by atoms with Gasteiger partial charge in [0, 0.05) is 10.8 Å². The largest absolute Gasteiger partial charge is 0.482 e. The number of thioether (sulfide) groups is 1. The maximum atomic E-state index is 11.6. The maximum Gasteiger partial charge on any atom is 0.263 e. The highest BCUT2D eigenvalue weighted by molar-refractivity contribution is 8.14. The number of hydrogen-bond acceptors (Lipinski definition) is 4. The van der Waals surface area contributed by atoms with Crippen LogP contribution in [0.3, 0.4) is 0 Å². The van der Waals surface area contributed by atoms with Gasteiger partial charge >= 0.3 is 0 Å². The Morgan fingerprint density at radius 1 is 1.50 bits per heavy atom. The van der Waals surface area contributed by atoms with E-state index in [-0.39, 0.29) is 12.5 Å². The predicted molar refractivity (Wildman–Crippen MR) is 74.9 cm³/mol. The van der Waals surface area contributed by atoms with Crippen molar-refractivity contribution in [1.82, 2.24) is 5.32 Å². The van der Waals surface area contributed by atoms with Crippen molar-refractivity contribution in [2.45, 2.75) is 0 Å². The van der Waals surface area contributed by atoms with Crippen molar-refractivity contribution in [1.29, 1.82) is 0 Å². The second-order valence-electron chi connectivity index (χ2n) is 3.45. The molecule has 1 aromatic carbocycles. The summed E-state index contributed by atoms with van der Waals surface area (Å²) in [5.74, 6) is 1.07. The lowest BCUT2D eigenvalue weighted by molar-refractivity contribution is -0.121. The fourth-order valence-corrected chi connectivity index (χ4v) is 2.51. The van der Waals surface area contributed by atoms with E-state index in [4.69, 9.17) is 27.9 Å². The van der Waals surface area contributed by atoms with Crippen LogP contribution in [0.4, 0.5) is 0 Å². The number of nitrogens with zero attached hydrogens (tertiary/aromatic N) is 1. The van der Waals surface area contributed by atoms with Gasteiger partial charge in [0.25, 0.3) is 5.91 Å². The van der Waals surface area contributed by atoms with Gasteiger partial charge in [-0.05, 0) is 18.2 Å². The third-order valence-electron chi connectivity index (χ3n) is 2.08. The molecule has 18 heavy (non-hydrogen) atoms. The molecule has 1 aliphatic heterocycles. The minimum atomic E-state index is -0.255. The van der Waals surface area contributed by atoms with Crippen LogP contribution in [0.5, 0.6) is 5.75 Å². The van der Waals surface area contributed by atoms with Gasteiger partial charge < -0.3 is 10.1 Å². The van der Waals surface area contributed by atoms with Crippen LogP contribution in [0.25, 0.3) is 0 Å². The lowest BCUT2D eigenvalue weighted by Crippen LogP contribution is -2.32. The summed E-state index contributed by atoms with van der Waals surface area (Å²) in [5.41, 5.74) is 0. The zero-order valence-electron chi connectivity index (χ0n) is 9.28. The number of amidine groups is 1. The molecule has 7 heteroatoms. The molecule has 0 radical (unpaired) electrons. The first-order valence-electron chi connectivity index (χ1n) is 5.20.